The van der Waals surface area contributed by atoms with E-state index in [-0.39, 0.29) is 0 Å². The van der Waals surface area contributed by atoms with Gasteiger partial charge >= 0.3 is 0 Å². The second kappa shape index (κ2) is 7.63. The number of piperidine rings is 1. The van der Waals surface area contributed by atoms with Crippen LogP contribution in [-0.2, 0) is 6.54 Å². The lowest BCUT2D eigenvalue weighted by molar-refractivity contribution is 0.209. The summed E-state index contributed by atoms with van der Waals surface area (Å²) in [5.41, 5.74) is 1.29. The highest BCUT2D eigenvalue weighted by Gasteiger charge is 2.16. The van der Waals surface area contributed by atoms with Crippen LogP contribution in [0, 0.1) is 5.92 Å². The summed E-state index contributed by atoms with van der Waals surface area (Å²) in [4.78, 5) is 2.51. The molecule has 1 heterocycles. The lowest BCUT2D eigenvalue weighted by Crippen LogP contribution is -2.38. The standard InChI is InChI=1S/C15H22BrClN2/c1-2-19(11-13-4-3-7-18-9-13)10-12-5-6-14(16)15(17)8-12/h5-6,8,13,18H,2-4,7,9-11H2,1H3. The van der Waals surface area contributed by atoms with Gasteiger partial charge in [-0.3, -0.25) is 4.90 Å². The fraction of sp³-hybridized carbons (Fsp3) is 0.600. The maximum atomic E-state index is 6.16. The van der Waals surface area contributed by atoms with Crippen molar-refractivity contribution in [3.8, 4) is 0 Å². The second-order valence-corrected chi connectivity index (χ2v) is 6.55. The summed E-state index contributed by atoms with van der Waals surface area (Å²) in [6.07, 6.45) is 2.66. The van der Waals surface area contributed by atoms with E-state index in [2.05, 4.69) is 45.2 Å². The molecule has 2 rings (SSSR count). The van der Waals surface area contributed by atoms with Gasteiger partial charge in [0, 0.05) is 17.6 Å². The molecule has 2 nitrogen and oxygen atoms in total. The first kappa shape index (κ1) is 15.3. The average molecular weight is 346 g/mol. The molecule has 0 amide bonds. The summed E-state index contributed by atoms with van der Waals surface area (Å²) >= 11 is 9.60. The van der Waals surface area contributed by atoms with Gasteiger partial charge in [-0.1, -0.05) is 24.6 Å². The fourth-order valence-electron chi connectivity index (χ4n) is 2.65. The Morgan fingerprint density at radius 3 is 2.95 bits per heavy atom. The molecule has 1 N–H and O–H groups in total. The Hall–Kier alpha value is -0.0900. The van der Waals surface area contributed by atoms with Crippen molar-refractivity contribution in [3.05, 3.63) is 33.3 Å². The molecule has 1 fully saturated rings. The first-order valence-electron chi connectivity index (χ1n) is 7.06. The van der Waals surface area contributed by atoms with E-state index in [0.29, 0.717) is 0 Å². The lowest BCUT2D eigenvalue weighted by Gasteiger charge is -2.29. The largest absolute Gasteiger partial charge is 0.316 e. The molecule has 0 aromatic heterocycles. The van der Waals surface area contributed by atoms with Crippen molar-refractivity contribution in [2.45, 2.75) is 26.3 Å². The van der Waals surface area contributed by atoms with Crippen molar-refractivity contribution in [2.24, 2.45) is 5.92 Å². The molecule has 0 spiro atoms. The minimum absolute atomic E-state index is 0.791. The van der Waals surface area contributed by atoms with E-state index < -0.39 is 0 Å². The average Bonchev–Trinajstić information content (AvgIpc) is 2.43. The van der Waals surface area contributed by atoms with Gasteiger partial charge < -0.3 is 5.32 Å². The fourth-order valence-corrected chi connectivity index (χ4v) is 3.10. The maximum Gasteiger partial charge on any atom is 0.0551 e. The van der Waals surface area contributed by atoms with Gasteiger partial charge in [0.1, 0.15) is 0 Å². The lowest BCUT2D eigenvalue weighted by atomic mass is 9.99. The van der Waals surface area contributed by atoms with E-state index >= 15 is 0 Å². The highest BCUT2D eigenvalue weighted by molar-refractivity contribution is 9.10. The molecule has 1 aromatic rings. The van der Waals surface area contributed by atoms with Crippen LogP contribution in [0.2, 0.25) is 5.02 Å². The number of nitrogens with zero attached hydrogens (tertiary/aromatic N) is 1. The smallest absolute Gasteiger partial charge is 0.0551 e. The number of rotatable bonds is 5. The topological polar surface area (TPSA) is 15.3 Å². The zero-order valence-electron chi connectivity index (χ0n) is 11.5. The zero-order chi connectivity index (χ0) is 13.7. The predicted molar refractivity (Wildman–Crippen MR) is 85.7 cm³/mol. The van der Waals surface area contributed by atoms with Crippen LogP contribution in [0.1, 0.15) is 25.3 Å². The van der Waals surface area contributed by atoms with Crippen LogP contribution in [-0.4, -0.2) is 31.1 Å². The van der Waals surface area contributed by atoms with Crippen LogP contribution in [0.4, 0.5) is 0 Å². The van der Waals surface area contributed by atoms with Crippen molar-refractivity contribution in [2.75, 3.05) is 26.2 Å². The number of benzene rings is 1. The van der Waals surface area contributed by atoms with Crippen molar-refractivity contribution < 1.29 is 0 Å². The molecule has 4 heteroatoms. The molecule has 0 bridgehead atoms. The van der Waals surface area contributed by atoms with E-state index in [9.17, 15) is 0 Å². The highest BCUT2D eigenvalue weighted by atomic mass is 79.9. The van der Waals surface area contributed by atoms with Crippen LogP contribution in [0.15, 0.2) is 22.7 Å². The normalized spacial score (nSPS) is 19.9. The molecule has 1 saturated heterocycles. The molecule has 1 aliphatic heterocycles. The Balaban J connectivity index is 1.92. The SMILES string of the molecule is CCN(Cc1ccc(Br)c(Cl)c1)CC1CCCNC1. The first-order valence-corrected chi connectivity index (χ1v) is 8.23. The van der Waals surface area contributed by atoms with E-state index in [1.54, 1.807) is 0 Å². The Kier molecular flexibility index (Phi) is 6.14. The Morgan fingerprint density at radius 2 is 2.32 bits per heavy atom. The summed E-state index contributed by atoms with van der Waals surface area (Å²) in [5, 5.41) is 4.29. The maximum absolute atomic E-state index is 6.16. The molecule has 1 aliphatic rings. The van der Waals surface area contributed by atoms with E-state index in [4.69, 9.17) is 11.6 Å². The molecule has 0 radical (unpaired) electrons. The molecule has 0 saturated carbocycles. The van der Waals surface area contributed by atoms with Crippen molar-refractivity contribution in [1.82, 2.24) is 10.2 Å². The molecular formula is C15H22BrClN2. The third kappa shape index (κ3) is 4.75. The van der Waals surface area contributed by atoms with Gasteiger partial charge in [0.15, 0.2) is 0 Å². The van der Waals surface area contributed by atoms with Crippen molar-refractivity contribution in [3.63, 3.8) is 0 Å². The number of hydrogen-bond donors (Lipinski definition) is 1. The van der Waals surface area contributed by atoms with Gasteiger partial charge in [-0.15, -0.1) is 0 Å². The van der Waals surface area contributed by atoms with E-state index in [0.717, 1.165) is 35.0 Å². The van der Waals surface area contributed by atoms with Crippen LogP contribution >= 0.6 is 27.5 Å². The van der Waals surface area contributed by atoms with Crippen molar-refractivity contribution in [1.29, 1.82) is 0 Å². The number of hydrogen-bond acceptors (Lipinski definition) is 2. The van der Waals surface area contributed by atoms with E-state index in [1.165, 1.54) is 31.5 Å². The number of nitrogens with one attached hydrogen (secondary N) is 1. The summed E-state index contributed by atoms with van der Waals surface area (Å²) in [7, 11) is 0. The molecule has 106 valence electrons. The Labute approximate surface area is 129 Å². The zero-order valence-corrected chi connectivity index (χ0v) is 13.8. The third-order valence-corrected chi connectivity index (χ3v) is 4.99. The third-order valence-electron chi connectivity index (χ3n) is 3.75. The van der Waals surface area contributed by atoms with Crippen LogP contribution in [0.3, 0.4) is 0 Å². The van der Waals surface area contributed by atoms with Crippen LogP contribution < -0.4 is 5.32 Å². The quantitative estimate of drug-likeness (QED) is 0.870. The molecule has 0 aliphatic carbocycles. The summed E-state index contributed by atoms with van der Waals surface area (Å²) < 4.78 is 0.970. The molecule has 1 atom stereocenters. The number of halogens is 2. The molecule has 1 unspecified atom stereocenters. The van der Waals surface area contributed by atoms with Crippen molar-refractivity contribution >= 4 is 27.5 Å². The van der Waals surface area contributed by atoms with Crippen LogP contribution in [0.5, 0.6) is 0 Å². The summed E-state index contributed by atoms with van der Waals surface area (Å²) in [6.45, 7) is 7.83. The minimum atomic E-state index is 0.791. The molecule has 19 heavy (non-hydrogen) atoms. The van der Waals surface area contributed by atoms with Gasteiger partial charge in [-0.05, 0) is 72.0 Å². The summed E-state index contributed by atoms with van der Waals surface area (Å²) in [6, 6.07) is 6.25. The second-order valence-electron chi connectivity index (χ2n) is 5.29. The van der Waals surface area contributed by atoms with E-state index in [1.807, 2.05) is 6.07 Å². The van der Waals surface area contributed by atoms with Gasteiger partial charge in [0.25, 0.3) is 0 Å². The van der Waals surface area contributed by atoms with Gasteiger partial charge in [0.2, 0.25) is 0 Å². The minimum Gasteiger partial charge on any atom is -0.316 e. The first-order chi connectivity index (χ1) is 9.19. The monoisotopic (exact) mass is 344 g/mol. The Morgan fingerprint density at radius 1 is 1.47 bits per heavy atom. The van der Waals surface area contributed by atoms with Gasteiger partial charge in [-0.25, -0.2) is 0 Å². The van der Waals surface area contributed by atoms with Gasteiger partial charge in [0.05, 0.1) is 5.02 Å². The van der Waals surface area contributed by atoms with Crippen LogP contribution in [0.25, 0.3) is 0 Å². The molecular weight excluding hydrogens is 324 g/mol. The molecule has 1 aromatic carbocycles. The predicted octanol–water partition coefficient (Wildman–Crippen LogP) is 3.92. The Bertz CT molecular complexity index is 405. The summed E-state index contributed by atoms with van der Waals surface area (Å²) in [5.74, 6) is 0.791. The van der Waals surface area contributed by atoms with Gasteiger partial charge in [-0.2, -0.15) is 0 Å². The highest BCUT2D eigenvalue weighted by Crippen LogP contribution is 2.24.